The number of nitrogens with zero attached hydrogens (tertiary/aromatic N) is 8. The molecule has 2 saturated heterocycles. The fourth-order valence-electron chi connectivity index (χ4n) is 5.47. The number of carbonyl (C=O) groups excluding carboxylic acids is 1. The van der Waals surface area contributed by atoms with Crippen LogP contribution in [-0.4, -0.2) is 104 Å². The van der Waals surface area contributed by atoms with Gasteiger partial charge in [-0.05, 0) is 32.6 Å². The summed E-state index contributed by atoms with van der Waals surface area (Å²) in [5, 5.41) is 13.4. The molecule has 3 fully saturated rings. The van der Waals surface area contributed by atoms with Gasteiger partial charge in [0.25, 0.3) is 5.91 Å². The number of fused-ring (bicyclic) bond motifs is 1. The quantitative estimate of drug-likeness (QED) is 0.475. The first-order valence-corrected chi connectivity index (χ1v) is 13.5. The fourth-order valence-corrected chi connectivity index (χ4v) is 5.47. The summed E-state index contributed by atoms with van der Waals surface area (Å²) in [6, 6.07) is -0.0480. The molecule has 6 rings (SSSR count). The first-order valence-electron chi connectivity index (χ1n) is 13.5. The Morgan fingerprint density at radius 1 is 1.21 bits per heavy atom. The highest BCUT2D eigenvalue weighted by Crippen LogP contribution is 2.40. The number of piperazine rings is 1. The third kappa shape index (κ3) is 4.81. The lowest BCUT2D eigenvalue weighted by molar-refractivity contribution is -0.141. The van der Waals surface area contributed by atoms with Crippen LogP contribution in [-0.2, 0) is 16.1 Å². The number of nitrogens with one attached hydrogen (secondary N) is 1. The summed E-state index contributed by atoms with van der Waals surface area (Å²) in [5.41, 5.74) is 7.41. The molecule has 1 aliphatic carbocycles. The highest BCUT2D eigenvalue weighted by atomic mass is 16.5. The number of amides is 1. The van der Waals surface area contributed by atoms with Gasteiger partial charge in [0.15, 0.2) is 5.82 Å². The van der Waals surface area contributed by atoms with Crippen molar-refractivity contribution in [2.24, 2.45) is 10.9 Å². The van der Waals surface area contributed by atoms with Crippen molar-refractivity contribution in [3.63, 3.8) is 0 Å². The molecule has 3 atom stereocenters. The Balaban J connectivity index is 1.39. The van der Waals surface area contributed by atoms with E-state index in [1.807, 2.05) is 6.92 Å². The topological polar surface area (TPSA) is 150 Å². The summed E-state index contributed by atoms with van der Waals surface area (Å²) in [6.45, 7) is 9.11. The molecule has 13 nitrogen and oxygen atoms in total. The summed E-state index contributed by atoms with van der Waals surface area (Å²) in [7, 11) is 0. The standard InChI is InChI=1S/C25H36N10O3/c1-15-13-33(5-6-34(15)23(37)16(2)36)25-29-19-21(32-7-9-38-10-8-32)30-20(18-11-27-24(26)28-12-18)31-22(19)35(25)14-17-3-4-17/h11-12,15-17,21,36H,3-10,13-14H2,1-2H3,(H,30,31)(H2,26,27,28)/t15?,16-,21?/m0/s1. The molecule has 2 aromatic heterocycles. The zero-order valence-electron chi connectivity index (χ0n) is 22.0. The number of aliphatic hydroxyl groups is 1. The summed E-state index contributed by atoms with van der Waals surface area (Å²) in [6.07, 6.45) is 4.61. The molecular formula is C25H36N10O3. The van der Waals surface area contributed by atoms with Gasteiger partial charge in [-0.25, -0.2) is 19.9 Å². The second-order valence-corrected chi connectivity index (χ2v) is 10.7. The molecule has 204 valence electrons. The van der Waals surface area contributed by atoms with Gasteiger partial charge in [-0.3, -0.25) is 14.3 Å². The molecule has 4 N–H and O–H groups in total. The average molecular weight is 525 g/mol. The molecule has 38 heavy (non-hydrogen) atoms. The van der Waals surface area contributed by atoms with Gasteiger partial charge in [0, 0.05) is 57.7 Å². The molecule has 2 unspecified atom stereocenters. The van der Waals surface area contributed by atoms with Crippen molar-refractivity contribution in [2.75, 3.05) is 56.6 Å². The highest BCUT2D eigenvalue weighted by Gasteiger charge is 2.38. The number of nitrogens with two attached hydrogens (primary N) is 1. The SMILES string of the molecule is CC1CN(c2nc3c(n2CC2CC2)N=C(c2cnc(N)nc2)NC3N2CCOCC2)CCN1C(=O)[C@H](C)O. The van der Waals surface area contributed by atoms with Crippen molar-refractivity contribution in [1.82, 2.24) is 34.6 Å². The zero-order chi connectivity index (χ0) is 26.4. The van der Waals surface area contributed by atoms with E-state index in [4.69, 9.17) is 20.4 Å². The zero-order valence-corrected chi connectivity index (χ0v) is 22.0. The van der Waals surface area contributed by atoms with E-state index in [0.29, 0.717) is 44.6 Å². The molecule has 5 heterocycles. The number of aliphatic hydroxyl groups excluding tert-OH is 1. The number of carbonyl (C=O) groups is 1. The predicted octanol–water partition coefficient (Wildman–Crippen LogP) is 0.0955. The number of ether oxygens (including phenoxy) is 1. The van der Waals surface area contributed by atoms with Crippen molar-refractivity contribution in [3.8, 4) is 0 Å². The maximum atomic E-state index is 12.5. The lowest BCUT2D eigenvalue weighted by Gasteiger charge is -2.40. The Morgan fingerprint density at radius 2 is 1.95 bits per heavy atom. The lowest BCUT2D eigenvalue weighted by atomic mass is 10.1. The average Bonchev–Trinajstić information content (AvgIpc) is 3.68. The highest BCUT2D eigenvalue weighted by molar-refractivity contribution is 6.01. The van der Waals surface area contributed by atoms with Crippen LogP contribution in [0.3, 0.4) is 0 Å². The molecule has 1 amide bonds. The normalized spacial score (nSPS) is 25.0. The minimum absolute atomic E-state index is 0.0480. The van der Waals surface area contributed by atoms with Crippen molar-refractivity contribution < 1.29 is 14.6 Å². The van der Waals surface area contributed by atoms with Crippen LogP contribution in [0.1, 0.15) is 44.1 Å². The molecule has 0 radical (unpaired) electrons. The third-order valence-electron chi connectivity index (χ3n) is 7.74. The Labute approximate surface area is 221 Å². The smallest absolute Gasteiger partial charge is 0.251 e. The van der Waals surface area contributed by atoms with Crippen LogP contribution in [0.4, 0.5) is 17.7 Å². The van der Waals surface area contributed by atoms with Gasteiger partial charge >= 0.3 is 0 Å². The van der Waals surface area contributed by atoms with Gasteiger partial charge in [-0.1, -0.05) is 0 Å². The minimum Gasteiger partial charge on any atom is -0.384 e. The number of aromatic nitrogens is 4. The number of hydrogen-bond acceptors (Lipinski definition) is 11. The van der Waals surface area contributed by atoms with Crippen LogP contribution in [0.25, 0.3) is 0 Å². The summed E-state index contributed by atoms with van der Waals surface area (Å²) in [5.74, 6) is 3.03. The predicted molar refractivity (Wildman–Crippen MR) is 141 cm³/mol. The number of rotatable bonds is 6. The fraction of sp³-hybridized carbons (Fsp3) is 0.640. The van der Waals surface area contributed by atoms with Crippen LogP contribution >= 0.6 is 0 Å². The largest absolute Gasteiger partial charge is 0.384 e. The van der Waals surface area contributed by atoms with E-state index >= 15 is 0 Å². The van der Waals surface area contributed by atoms with Gasteiger partial charge in [-0.2, -0.15) is 0 Å². The maximum Gasteiger partial charge on any atom is 0.251 e. The number of morpholine rings is 1. The van der Waals surface area contributed by atoms with Crippen LogP contribution in [0.15, 0.2) is 17.4 Å². The van der Waals surface area contributed by atoms with E-state index in [1.165, 1.54) is 19.8 Å². The molecule has 2 aromatic rings. The minimum atomic E-state index is -1.00. The molecule has 13 heteroatoms. The molecule has 1 saturated carbocycles. The Morgan fingerprint density at radius 3 is 2.61 bits per heavy atom. The summed E-state index contributed by atoms with van der Waals surface area (Å²) in [4.78, 5) is 37.6. The van der Waals surface area contributed by atoms with Gasteiger partial charge in [-0.15, -0.1) is 0 Å². The summed E-state index contributed by atoms with van der Waals surface area (Å²) < 4.78 is 7.89. The van der Waals surface area contributed by atoms with Gasteiger partial charge in [0.2, 0.25) is 11.9 Å². The van der Waals surface area contributed by atoms with Gasteiger partial charge in [0.05, 0.1) is 18.8 Å². The van der Waals surface area contributed by atoms with E-state index < -0.39 is 6.10 Å². The van der Waals surface area contributed by atoms with Crippen molar-refractivity contribution in [1.29, 1.82) is 0 Å². The van der Waals surface area contributed by atoms with E-state index in [1.54, 1.807) is 17.3 Å². The third-order valence-corrected chi connectivity index (χ3v) is 7.74. The monoisotopic (exact) mass is 524 g/mol. The van der Waals surface area contributed by atoms with Crippen molar-refractivity contribution >= 4 is 29.5 Å². The maximum absolute atomic E-state index is 12.5. The van der Waals surface area contributed by atoms with Crippen molar-refractivity contribution in [2.45, 2.75) is 51.5 Å². The van der Waals surface area contributed by atoms with E-state index in [0.717, 1.165) is 42.7 Å². The van der Waals surface area contributed by atoms with Crippen LogP contribution in [0.5, 0.6) is 0 Å². The van der Waals surface area contributed by atoms with E-state index in [-0.39, 0.29) is 24.1 Å². The number of imidazole rings is 1. The second kappa shape index (κ2) is 10.1. The molecular weight excluding hydrogens is 488 g/mol. The molecule has 3 aliphatic heterocycles. The molecule has 0 aromatic carbocycles. The molecule has 0 spiro atoms. The van der Waals surface area contributed by atoms with Gasteiger partial charge in [0.1, 0.15) is 23.8 Å². The van der Waals surface area contributed by atoms with E-state index in [2.05, 4.69) is 29.7 Å². The number of anilines is 2. The van der Waals surface area contributed by atoms with Crippen LogP contribution in [0.2, 0.25) is 0 Å². The Hall–Kier alpha value is -3.29. The number of amidine groups is 1. The van der Waals surface area contributed by atoms with Crippen molar-refractivity contribution in [3.05, 3.63) is 23.7 Å². The number of nitrogen functional groups attached to an aromatic ring is 1. The summed E-state index contributed by atoms with van der Waals surface area (Å²) >= 11 is 0. The van der Waals surface area contributed by atoms with Crippen LogP contribution < -0.4 is 16.0 Å². The van der Waals surface area contributed by atoms with E-state index in [9.17, 15) is 9.90 Å². The lowest BCUT2D eigenvalue weighted by Crippen LogP contribution is -2.56. The Kier molecular flexibility index (Phi) is 6.66. The Bertz CT molecular complexity index is 1200. The number of hydrogen-bond donors (Lipinski definition) is 3. The van der Waals surface area contributed by atoms with Gasteiger partial charge < -0.3 is 30.7 Å². The molecule has 4 aliphatic rings. The van der Waals surface area contributed by atoms with Crippen LogP contribution in [0, 0.1) is 5.92 Å². The first-order chi connectivity index (χ1) is 18.4. The first kappa shape index (κ1) is 25.0. The molecule has 0 bridgehead atoms. The second-order valence-electron chi connectivity index (χ2n) is 10.7. The number of aliphatic imine (C=N–C) groups is 1.